The number of nitrogens with zero attached hydrogens (tertiary/aromatic N) is 2. The average molecular weight is 260 g/mol. The van der Waals surface area contributed by atoms with Gasteiger partial charge in [0.2, 0.25) is 5.89 Å². The molecule has 0 spiro atoms. The number of anilines is 1. The van der Waals surface area contributed by atoms with Crippen molar-refractivity contribution >= 4 is 11.6 Å². The predicted octanol–water partition coefficient (Wildman–Crippen LogP) is 1.74. The average Bonchev–Trinajstić information content (AvgIpc) is 2.83. The monoisotopic (exact) mass is 260 g/mol. The lowest BCUT2D eigenvalue weighted by molar-refractivity contribution is 0.0942. The summed E-state index contributed by atoms with van der Waals surface area (Å²) in [5.41, 5.74) is 1.26. The summed E-state index contributed by atoms with van der Waals surface area (Å²) in [4.78, 5) is 19.9. The molecule has 2 heterocycles. The van der Waals surface area contributed by atoms with Gasteiger partial charge in [-0.3, -0.25) is 4.79 Å². The number of oxazole rings is 1. The zero-order chi connectivity index (χ0) is 13.7. The molecule has 0 saturated carbocycles. The maximum atomic E-state index is 11.8. The Morgan fingerprint density at radius 2 is 2.16 bits per heavy atom. The molecule has 1 amide bonds. The molecule has 0 atom stereocenters. The second kappa shape index (κ2) is 5.99. The molecule has 2 aromatic rings. The van der Waals surface area contributed by atoms with Gasteiger partial charge in [-0.05, 0) is 26.0 Å². The quantitative estimate of drug-likeness (QED) is 0.856. The van der Waals surface area contributed by atoms with Crippen LogP contribution in [0.5, 0.6) is 0 Å². The van der Waals surface area contributed by atoms with E-state index >= 15 is 0 Å². The highest BCUT2D eigenvalue weighted by molar-refractivity contribution is 5.92. The van der Waals surface area contributed by atoms with Crippen LogP contribution >= 0.6 is 0 Å². The number of nitrogens with one attached hydrogen (secondary N) is 2. The second-order valence-corrected chi connectivity index (χ2v) is 4.01. The van der Waals surface area contributed by atoms with Crippen molar-refractivity contribution in [2.24, 2.45) is 0 Å². The van der Waals surface area contributed by atoms with Crippen molar-refractivity contribution in [2.45, 2.75) is 20.4 Å². The number of hydrogen-bond acceptors (Lipinski definition) is 5. The van der Waals surface area contributed by atoms with Crippen LogP contribution in [-0.4, -0.2) is 22.4 Å². The molecule has 6 heteroatoms. The number of hydrogen-bond donors (Lipinski definition) is 2. The van der Waals surface area contributed by atoms with Crippen LogP contribution in [0.2, 0.25) is 0 Å². The molecule has 0 fully saturated rings. The molecule has 2 N–H and O–H groups in total. The Bertz CT molecular complexity index is 548. The van der Waals surface area contributed by atoms with E-state index in [-0.39, 0.29) is 12.5 Å². The van der Waals surface area contributed by atoms with E-state index < -0.39 is 0 Å². The van der Waals surface area contributed by atoms with Gasteiger partial charge in [-0.2, -0.15) is 0 Å². The summed E-state index contributed by atoms with van der Waals surface area (Å²) in [5.74, 6) is 0.950. The highest BCUT2D eigenvalue weighted by Gasteiger charge is 2.08. The Morgan fingerprint density at radius 3 is 2.74 bits per heavy atom. The summed E-state index contributed by atoms with van der Waals surface area (Å²) >= 11 is 0. The molecule has 0 saturated heterocycles. The van der Waals surface area contributed by atoms with Crippen molar-refractivity contribution in [3.63, 3.8) is 0 Å². The third-order valence-corrected chi connectivity index (χ3v) is 2.45. The molecule has 2 aromatic heterocycles. The summed E-state index contributed by atoms with van der Waals surface area (Å²) in [6.45, 7) is 4.87. The van der Waals surface area contributed by atoms with E-state index in [9.17, 15) is 4.79 Å². The molecule has 0 aromatic carbocycles. The Hall–Kier alpha value is -2.37. The van der Waals surface area contributed by atoms with Gasteiger partial charge in [-0.15, -0.1) is 0 Å². The fraction of sp³-hybridized carbons (Fsp3) is 0.308. The molecule has 0 aliphatic rings. The van der Waals surface area contributed by atoms with Crippen LogP contribution in [0, 0.1) is 6.92 Å². The molecule has 100 valence electrons. The Morgan fingerprint density at radius 1 is 1.32 bits per heavy atom. The summed E-state index contributed by atoms with van der Waals surface area (Å²) < 4.78 is 5.26. The summed E-state index contributed by atoms with van der Waals surface area (Å²) in [5, 5.41) is 5.82. The van der Waals surface area contributed by atoms with E-state index in [0.717, 1.165) is 18.0 Å². The van der Waals surface area contributed by atoms with Gasteiger partial charge < -0.3 is 15.1 Å². The van der Waals surface area contributed by atoms with Crippen LogP contribution < -0.4 is 10.6 Å². The molecule has 6 nitrogen and oxygen atoms in total. The lowest BCUT2D eigenvalue weighted by atomic mass is 10.3. The van der Waals surface area contributed by atoms with Crippen molar-refractivity contribution in [3.8, 4) is 0 Å². The minimum atomic E-state index is -0.251. The minimum absolute atomic E-state index is 0.251. The highest BCUT2D eigenvalue weighted by Crippen LogP contribution is 2.06. The van der Waals surface area contributed by atoms with Crippen molar-refractivity contribution in [3.05, 3.63) is 41.9 Å². The first-order chi connectivity index (χ1) is 9.19. The standard InChI is InChI=1S/C13H16N4O2/c1-3-14-10-4-5-11(15-7-10)13(18)17-8-12-16-6-9(2)19-12/h4-7,14H,3,8H2,1-2H3,(H,17,18). The van der Waals surface area contributed by atoms with Gasteiger partial charge in [0.1, 0.15) is 11.5 Å². The fourth-order valence-electron chi connectivity index (χ4n) is 1.57. The van der Waals surface area contributed by atoms with Crippen molar-refractivity contribution in [1.82, 2.24) is 15.3 Å². The first kappa shape index (κ1) is 13.1. The first-order valence-corrected chi connectivity index (χ1v) is 6.08. The van der Waals surface area contributed by atoms with Crippen LogP contribution in [0.3, 0.4) is 0 Å². The van der Waals surface area contributed by atoms with Crippen molar-refractivity contribution in [1.29, 1.82) is 0 Å². The predicted molar refractivity (Wildman–Crippen MR) is 70.8 cm³/mol. The lowest BCUT2D eigenvalue weighted by Crippen LogP contribution is -2.23. The summed E-state index contributed by atoms with van der Waals surface area (Å²) in [7, 11) is 0. The van der Waals surface area contributed by atoms with E-state index in [0.29, 0.717) is 11.6 Å². The van der Waals surface area contributed by atoms with Gasteiger partial charge in [-0.25, -0.2) is 9.97 Å². The normalized spacial score (nSPS) is 10.2. The number of pyridine rings is 1. The lowest BCUT2D eigenvalue weighted by Gasteiger charge is -2.04. The number of carbonyl (C=O) groups is 1. The zero-order valence-corrected chi connectivity index (χ0v) is 10.9. The SMILES string of the molecule is CCNc1ccc(C(=O)NCc2ncc(C)o2)nc1. The maximum Gasteiger partial charge on any atom is 0.270 e. The van der Waals surface area contributed by atoms with Crippen LogP contribution in [0.4, 0.5) is 5.69 Å². The fourth-order valence-corrected chi connectivity index (χ4v) is 1.57. The maximum absolute atomic E-state index is 11.8. The molecule has 0 aliphatic carbocycles. The number of amides is 1. The smallest absolute Gasteiger partial charge is 0.270 e. The van der Waals surface area contributed by atoms with E-state index in [1.165, 1.54) is 0 Å². The number of aryl methyl sites for hydroxylation is 1. The van der Waals surface area contributed by atoms with Gasteiger partial charge in [0, 0.05) is 6.54 Å². The molecule has 0 unspecified atom stereocenters. The van der Waals surface area contributed by atoms with Crippen LogP contribution in [-0.2, 0) is 6.54 Å². The summed E-state index contributed by atoms with van der Waals surface area (Å²) in [6.07, 6.45) is 3.25. The van der Waals surface area contributed by atoms with Gasteiger partial charge >= 0.3 is 0 Å². The van der Waals surface area contributed by atoms with Crippen LogP contribution in [0.25, 0.3) is 0 Å². The Balaban J connectivity index is 1.92. The molecule has 2 rings (SSSR count). The molecular formula is C13H16N4O2. The van der Waals surface area contributed by atoms with Crippen LogP contribution in [0.1, 0.15) is 29.1 Å². The third-order valence-electron chi connectivity index (χ3n) is 2.45. The van der Waals surface area contributed by atoms with Crippen LogP contribution in [0.15, 0.2) is 28.9 Å². The van der Waals surface area contributed by atoms with Crippen molar-refractivity contribution in [2.75, 3.05) is 11.9 Å². The van der Waals surface area contributed by atoms with E-state index in [1.807, 2.05) is 13.0 Å². The van der Waals surface area contributed by atoms with E-state index in [4.69, 9.17) is 4.42 Å². The topological polar surface area (TPSA) is 80.0 Å². The Labute approximate surface area is 111 Å². The second-order valence-electron chi connectivity index (χ2n) is 4.01. The number of rotatable bonds is 5. The first-order valence-electron chi connectivity index (χ1n) is 6.08. The molecule has 0 aliphatic heterocycles. The van der Waals surface area contributed by atoms with Gasteiger partial charge in [0.15, 0.2) is 0 Å². The molecule has 0 radical (unpaired) electrons. The minimum Gasteiger partial charge on any atom is -0.444 e. The van der Waals surface area contributed by atoms with Gasteiger partial charge in [0.05, 0.1) is 24.6 Å². The van der Waals surface area contributed by atoms with E-state index in [2.05, 4.69) is 20.6 Å². The van der Waals surface area contributed by atoms with Gasteiger partial charge in [-0.1, -0.05) is 0 Å². The third kappa shape index (κ3) is 3.54. The highest BCUT2D eigenvalue weighted by atomic mass is 16.4. The van der Waals surface area contributed by atoms with E-state index in [1.54, 1.807) is 25.4 Å². The Kier molecular flexibility index (Phi) is 4.12. The molecule has 0 bridgehead atoms. The van der Waals surface area contributed by atoms with Crippen molar-refractivity contribution < 1.29 is 9.21 Å². The molecular weight excluding hydrogens is 244 g/mol. The summed E-state index contributed by atoms with van der Waals surface area (Å²) in [6, 6.07) is 3.49. The molecule has 19 heavy (non-hydrogen) atoms. The van der Waals surface area contributed by atoms with Gasteiger partial charge in [0.25, 0.3) is 5.91 Å². The zero-order valence-electron chi connectivity index (χ0n) is 10.9. The number of carbonyl (C=O) groups excluding carboxylic acids is 1. The number of aromatic nitrogens is 2. The largest absolute Gasteiger partial charge is 0.444 e.